The van der Waals surface area contributed by atoms with E-state index in [4.69, 9.17) is 0 Å². The highest BCUT2D eigenvalue weighted by molar-refractivity contribution is 5.92. The minimum Gasteiger partial charge on any atom is -0.341 e. The number of hydrogen-bond donors (Lipinski definition) is 1. The van der Waals surface area contributed by atoms with Gasteiger partial charge in [0.2, 0.25) is 0 Å². The third kappa shape index (κ3) is 2.77. The zero-order valence-corrected chi connectivity index (χ0v) is 14.5. The van der Waals surface area contributed by atoms with Crippen molar-refractivity contribution in [3.05, 3.63) is 42.5 Å². The Hall–Kier alpha value is -2.05. The number of H-pyrrole nitrogens is 1. The molecule has 0 spiro atoms. The fraction of sp³-hybridized carbons (Fsp3) is 0.579. The van der Waals surface area contributed by atoms with Crippen molar-refractivity contribution in [3.63, 3.8) is 0 Å². The Bertz CT molecular complexity index is 726. The molecule has 1 N–H and O–H groups in total. The second kappa shape index (κ2) is 5.99. The van der Waals surface area contributed by atoms with E-state index in [1.165, 1.54) is 24.7 Å². The second-order valence-electron chi connectivity index (χ2n) is 7.99. The molecule has 2 heterocycles. The fourth-order valence-electron chi connectivity index (χ4n) is 5.12. The predicted octanol–water partition coefficient (Wildman–Crippen LogP) is 3.82. The summed E-state index contributed by atoms with van der Waals surface area (Å²) in [5.74, 6) is -0.983. The molecule has 0 aromatic carbocycles. The van der Waals surface area contributed by atoms with Crippen LogP contribution >= 0.6 is 0 Å². The Balaban J connectivity index is 1.47. The molecule has 4 rings (SSSR count). The lowest BCUT2D eigenvalue weighted by Crippen LogP contribution is -2.42. The number of nitrogens with zero attached hydrogens (tertiary/aromatic N) is 2. The first kappa shape index (κ1) is 17.4. The molecule has 2 fully saturated rings. The normalized spacial score (nSPS) is 36.5. The summed E-state index contributed by atoms with van der Waals surface area (Å²) < 4.78 is 40.7. The second-order valence-corrected chi connectivity index (χ2v) is 7.99. The number of alkyl halides is 3. The van der Waals surface area contributed by atoms with Crippen LogP contribution in [0.15, 0.2) is 36.8 Å². The molecular formula is C19H22F3N3O. The third-order valence-corrected chi connectivity index (χ3v) is 6.54. The molecule has 0 radical (unpaired) electrons. The predicted molar refractivity (Wildman–Crippen MR) is 90.1 cm³/mol. The van der Waals surface area contributed by atoms with Gasteiger partial charge < -0.3 is 9.88 Å². The van der Waals surface area contributed by atoms with Crippen molar-refractivity contribution >= 4 is 5.91 Å². The Morgan fingerprint density at radius 1 is 1.27 bits per heavy atom. The molecule has 5 atom stereocenters. The Labute approximate surface area is 150 Å². The maximum absolute atomic E-state index is 13.6. The van der Waals surface area contributed by atoms with E-state index in [0.717, 1.165) is 12.8 Å². The Morgan fingerprint density at radius 3 is 2.54 bits per heavy atom. The number of halogens is 3. The molecule has 4 nitrogen and oxygen atoms in total. The summed E-state index contributed by atoms with van der Waals surface area (Å²) in [5, 5.41) is 0. The van der Waals surface area contributed by atoms with Crippen molar-refractivity contribution in [1.82, 2.24) is 14.9 Å². The fourth-order valence-corrected chi connectivity index (χ4v) is 5.12. The number of aromatic amines is 1. The number of nitrogens with one attached hydrogen (secondary N) is 1. The summed E-state index contributed by atoms with van der Waals surface area (Å²) in [6.45, 7) is 2.97. The quantitative estimate of drug-likeness (QED) is 0.866. The minimum atomic E-state index is -4.24. The van der Waals surface area contributed by atoms with Gasteiger partial charge in [-0.3, -0.25) is 4.79 Å². The van der Waals surface area contributed by atoms with Crippen molar-refractivity contribution in [2.24, 2.45) is 29.1 Å². The molecule has 7 heteroatoms. The van der Waals surface area contributed by atoms with Crippen LogP contribution in [-0.2, 0) is 0 Å². The lowest BCUT2D eigenvalue weighted by molar-refractivity contribution is -0.189. The van der Waals surface area contributed by atoms with Gasteiger partial charge in [0.15, 0.2) is 0 Å². The average molecular weight is 365 g/mol. The van der Waals surface area contributed by atoms with Crippen LogP contribution in [0.5, 0.6) is 0 Å². The number of aromatic nitrogens is 2. The van der Waals surface area contributed by atoms with Gasteiger partial charge in [-0.15, -0.1) is 0 Å². The third-order valence-electron chi connectivity index (χ3n) is 6.54. The van der Waals surface area contributed by atoms with Gasteiger partial charge in [0.1, 0.15) is 5.69 Å². The summed E-state index contributed by atoms with van der Waals surface area (Å²) in [6.07, 6.45) is 6.49. The summed E-state index contributed by atoms with van der Waals surface area (Å²) in [5.41, 5.74) is -0.443. The molecule has 1 saturated carbocycles. The maximum atomic E-state index is 13.6. The highest BCUT2D eigenvalue weighted by Crippen LogP contribution is 2.56. The van der Waals surface area contributed by atoms with E-state index in [2.05, 4.69) is 9.97 Å². The van der Waals surface area contributed by atoms with Gasteiger partial charge in [-0.1, -0.05) is 31.2 Å². The van der Waals surface area contributed by atoms with Crippen molar-refractivity contribution in [3.8, 4) is 0 Å². The van der Waals surface area contributed by atoms with E-state index in [-0.39, 0.29) is 23.7 Å². The van der Waals surface area contributed by atoms with E-state index in [1.807, 2.05) is 0 Å². The van der Waals surface area contributed by atoms with Crippen LogP contribution in [0, 0.1) is 29.1 Å². The molecule has 3 unspecified atom stereocenters. The van der Waals surface area contributed by atoms with Gasteiger partial charge in [-0.2, -0.15) is 13.2 Å². The molecule has 1 aromatic heterocycles. The van der Waals surface area contributed by atoms with Gasteiger partial charge in [0.05, 0.1) is 18.4 Å². The van der Waals surface area contributed by atoms with E-state index in [9.17, 15) is 18.0 Å². The molecule has 2 aliphatic carbocycles. The number of allylic oxidation sites excluding steroid dienone is 4. The number of imidazole rings is 1. The van der Waals surface area contributed by atoms with Crippen LogP contribution in [0.2, 0.25) is 0 Å². The zero-order chi connectivity index (χ0) is 18.5. The van der Waals surface area contributed by atoms with Gasteiger partial charge in [0, 0.05) is 18.5 Å². The molecule has 140 valence electrons. The summed E-state index contributed by atoms with van der Waals surface area (Å²) in [4.78, 5) is 21.0. The SMILES string of the molecule is CC1(C2C[C@@H]3CN(C(=O)c4cnc[nH]4)C[C@@H]3C2)C=CC=CC1C(F)(F)F. The highest BCUT2D eigenvalue weighted by atomic mass is 19.4. The largest absolute Gasteiger partial charge is 0.395 e. The maximum Gasteiger partial charge on any atom is 0.395 e. The van der Waals surface area contributed by atoms with Crippen LogP contribution in [0.4, 0.5) is 13.2 Å². The first-order valence-corrected chi connectivity index (χ1v) is 8.99. The lowest BCUT2D eigenvalue weighted by Gasteiger charge is -2.41. The first-order valence-electron chi connectivity index (χ1n) is 8.99. The number of rotatable bonds is 2. The molecule has 26 heavy (non-hydrogen) atoms. The van der Waals surface area contributed by atoms with Crippen molar-refractivity contribution in [2.45, 2.75) is 25.9 Å². The van der Waals surface area contributed by atoms with Gasteiger partial charge in [-0.05, 0) is 30.6 Å². The van der Waals surface area contributed by atoms with Crippen LogP contribution in [0.25, 0.3) is 0 Å². The van der Waals surface area contributed by atoms with E-state index in [0.29, 0.717) is 18.8 Å². The van der Waals surface area contributed by atoms with Gasteiger partial charge >= 0.3 is 6.18 Å². The summed E-state index contributed by atoms with van der Waals surface area (Å²) in [6, 6.07) is 0. The van der Waals surface area contributed by atoms with Crippen molar-refractivity contribution in [2.75, 3.05) is 13.1 Å². The zero-order valence-electron chi connectivity index (χ0n) is 14.5. The molecule has 1 aliphatic heterocycles. The van der Waals surface area contributed by atoms with Gasteiger partial charge in [-0.25, -0.2) is 4.98 Å². The molecule has 1 saturated heterocycles. The molecule has 1 aromatic rings. The van der Waals surface area contributed by atoms with Crippen LogP contribution in [0.1, 0.15) is 30.3 Å². The summed E-state index contributed by atoms with van der Waals surface area (Å²) in [7, 11) is 0. The van der Waals surface area contributed by atoms with E-state index < -0.39 is 17.5 Å². The number of fused-ring (bicyclic) bond motifs is 1. The smallest absolute Gasteiger partial charge is 0.341 e. The number of carbonyl (C=O) groups excluding carboxylic acids is 1. The number of carbonyl (C=O) groups is 1. The summed E-state index contributed by atoms with van der Waals surface area (Å²) >= 11 is 0. The molecule has 1 amide bonds. The minimum absolute atomic E-state index is 0.0188. The van der Waals surface area contributed by atoms with Crippen LogP contribution in [-0.4, -0.2) is 40.0 Å². The van der Waals surface area contributed by atoms with Gasteiger partial charge in [0.25, 0.3) is 5.91 Å². The van der Waals surface area contributed by atoms with Crippen LogP contribution < -0.4 is 0 Å². The highest BCUT2D eigenvalue weighted by Gasteiger charge is 2.56. The van der Waals surface area contributed by atoms with Crippen molar-refractivity contribution < 1.29 is 18.0 Å². The lowest BCUT2D eigenvalue weighted by atomic mass is 9.64. The average Bonchev–Trinajstić information content (AvgIpc) is 3.29. The standard InChI is InChI=1S/C19H22F3N3O/c1-18(5-3-2-4-16(18)19(20,21)22)14-6-12-9-25(10-13(12)7-14)17(26)15-8-23-11-24-15/h2-5,8,11-14,16H,6-7,9-10H2,1H3,(H,23,24)/t12-,13+,14?,16?,18?. The molecule has 3 aliphatic rings. The number of hydrogen-bond acceptors (Lipinski definition) is 2. The molecule has 0 bridgehead atoms. The molecular weight excluding hydrogens is 343 g/mol. The topological polar surface area (TPSA) is 49.0 Å². The Morgan fingerprint density at radius 2 is 1.96 bits per heavy atom. The first-order chi connectivity index (χ1) is 12.3. The number of amides is 1. The van der Waals surface area contributed by atoms with Crippen molar-refractivity contribution in [1.29, 1.82) is 0 Å². The Kier molecular flexibility index (Phi) is 4.00. The monoisotopic (exact) mass is 365 g/mol. The van der Waals surface area contributed by atoms with E-state index >= 15 is 0 Å². The van der Waals surface area contributed by atoms with E-state index in [1.54, 1.807) is 24.0 Å². The van der Waals surface area contributed by atoms with Crippen LogP contribution in [0.3, 0.4) is 0 Å². The number of likely N-dealkylation sites (tertiary alicyclic amines) is 1.